The van der Waals surface area contributed by atoms with Gasteiger partial charge in [0.05, 0.1) is 30.8 Å². The average Bonchev–Trinajstić information content (AvgIpc) is 3.58. The molecule has 4 aliphatic carbocycles. The molecule has 1 aromatic carbocycles. The van der Waals surface area contributed by atoms with Crippen LogP contribution in [0.3, 0.4) is 0 Å². The third-order valence-electron chi connectivity index (χ3n) is 8.22. The number of aromatic nitrogens is 3. The van der Waals surface area contributed by atoms with Crippen molar-refractivity contribution in [3.63, 3.8) is 0 Å². The van der Waals surface area contributed by atoms with E-state index in [1.807, 2.05) is 0 Å². The summed E-state index contributed by atoms with van der Waals surface area (Å²) in [6.45, 7) is 0.767. The zero-order valence-corrected chi connectivity index (χ0v) is 20.1. The van der Waals surface area contributed by atoms with E-state index in [1.54, 1.807) is 4.90 Å². The first-order chi connectivity index (χ1) is 17.1. The van der Waals surface area contributed by atoms with Gasteiger partial charge in [-0.3, -0.25) is 9.59 Å². The number of benzene rings is 1. The Labute approximate surface area is 206 Å². The van der Waals surface area contributed by atoms with Crippen molar-refractivity contribution in [3.05, 3.63) is 35.7 Å². The standard InChI is InChI=1S/C25H29F3N4O4/c1-36-22(35)24-9-6-23(7-10-24,8-11-24)21(34)31(13-16-2-3-16)14-18-15-32(30-29-18)19-12-17(25(26,27)28)4-5-20(19)33/h4-5,12,15-16,33H,2-3,6-11,13-14H2,1H3. The molecule has 0 aliphatic heterocycles. The zero-order valence-electron chi connectivity index (χ0n) is 20.1. The Bertz CT molecular complexity index is 1150. The first-order valence-corrected chi connectivity index (χ1v) is 12.2. The average molecular weight is 507 g/mol. The second-order valence-corrected chi connectivity index (χ2v) is 10.5. The minimum absolute atomic E-state index is 0.0454. The molecule has 36 heavy (non-hydrogen) atoms. The second kappa shape index (κ2) is 8.77. The summed E-state index contributed by atoms with van der Waals surface area (Å²) in [5, 5.41) is 18.1. The molecule has 11 heteroatoms. The summed E-state index contributed by atoms with van der Waals surface area (Å²) in [4.78, 5) is 28.0. The highest BCUT2D eigenvalue weighted by Gasteiger charge is 2.57. The molecule has 8 nitrogen and oxygen atoms in total. The predicted molar refractivity (Wildman–Crippen MR) is 121 cm³/mol. The molecule has 0 saturated heterocycles. The molecule has 2 aromatic rings. The minimum atomic E-state index is -4.57. The number of carbonyl (C=O) groups excluding carboxylic acids is 2. The third-order valence-corrected chi connectivity index (χ3v) is 8.22. The number of phenols is 1. The van der Waals surface area contributed by atoms with E-state index in [2.05, 4.69) is 10.3 Å². The number of hydrogen-bond acceptors (Lipinski definition) is 6. The van der Waals surface area contributed by atoms with Gasteiger partial charge in [-0.15, -0.1) is 5.10 Å². The number of carbonyl (C=O) groups is 2. The molecule has 0 unspecified atom stereocenters. The van der Waals surface area contributed by atoms with Crippen LogP contribution in [0, 0.1) is 16.7 Å². The molecule has 6 rings (SSSR count). The number of nitrogens with zero attached hydrogens (tertiary/aromatic N) is 4. The van der Waals surface area contributed by atoms with Crippen LogP contribution in [0.15, 0.2) is 24.4 Å². The van der Waals surface area contributed by atoms with E-state index in [4.69, 9.17) is 4.74 Å². The van der Waals surface area contributed by atoms with Crippen LogP contribution in [-0.2, 0) is 27.0 Å². The third kappa shape index (κ3) is 4.43. The summed E-state index contributed by atoms with van der Waals surface area (Å²) >= 11 is 0. The topological polar surface area (TPSA) is 97.6 Å². The van der Waals surface area contributed by atoms with Gasteiger partial charge < -0.3 is 14.7 Å². The maximum atomic E-state index is 13.9. The first-order valence-electron chi connectivity index (χ1n) is 12.2. The quantitative estimate of drug-likeness (QED) is 0.564. The lowest BCUT2D eigenvalue weighted by atomic mass is 9.53. The molecule has 1 amide bonds. The number of ether oxygens (including phenoxy) is 1. The SMILES string of the molecule is COC(=O)C12CCC(C(=O)N(Cc3cn(-c4cc(C(F)(F)F)ccc4O)nn3)CC3CC3)(CC1)CC2. The lowest BCUT2D eigenvalue weighted by Crippen LogP contribution is -2.53. The van der Waals surface area contributed by atoms with Crippen LogP contribution < -0.4 is 0 Å². The highest BCUT2D eigenvalue weighted by molar-refractivity contribution is 5.85. The molecule has 1 heterocycles. The van der Waals surface area contributed by atoms with Crippen molar-refractivity contribution in [2.45, 2.75) is 64.1 Å². The molecule has 1 aromatic heterocycles. The zero-order chi connectivity index (χ0) is 25.7. The lowest BCUT2D eigenvalue weighted by Gasteiger charge is -2.51. The van der Waals surface area contributed by atoms with E-state index < -0.39 is 22.6 Å². The number of fused-ring (bicyclic) bond motifs is 3. The van der Waals surface area contributed by atoms with Crippen molar-refractivity contribution in [2.75, 3.05) is 13.7 Å². The first kappa shape index (κ1) is 24.6. The van der Waals surface area contributed by atoms with Crippen LogP contribution in [0.4, 0.5) is 13.2 Å². The summed E-state index contributed by atoms with van der Waals surface area (Å²) in [5.74, 6) is -0.0754. The van der Waals surface area contributed by atoms with Gasteiger partial charge >= 0.3 is 12.1 Å². The van der Waals surface area contributed by atoms with Gasteiger partial charge in [-0.25, -0.2) is 4.68 Å². The summed E-state index contributed by atoms with van der Waals surface area (Å²) in [7, 11) is 1.41. The number of phenolic OH excluding ortho intramolecular Hbond substituents is 1. The molecule has 1 N–H and O–H groups in total. The van der Waals surface area contributed by atoms with Gasteiger partial charge in [-0.05, 0) is 75.5 Å². The fourth-order valence-electron chi connectivity index (χ4n) is 5.76. The summed E-state index contributed by atoms with van der Waals surface area (Å²) in [5.41, 5.74) is -1.61. The number of esters is 1. The van der Waals surface area contributed by atoms with Gasteiger partial charge in [0, 0.05) is 12.0 Å². The van der Waals surface area contributed by atoms with Crippen LogP contribution in [0.5, 0.6) is 5.75 Å². The molecule has 0 radical (unpaired) electrons. The molecule has 0 spiro atoms. The summed E-state index contributed by atoms with van der Waals surface area (Å²) in [6.07, 6.45) is 2.77. The predicted octanol–water partition coefficient (Wildman–Crippen LogP) is 4.24. The van der Waals surface area contributed by atoms with Gasteiger partial charge in [0.25, 0.3) is 0 Å². The number of amides is 1. The van der Waals surface area contributed by atoms with E-state index >= 15 is 0 Å². The van der Waals surface area contributed by atoms with Crippen LogP contribution in [0.25, 0.3) is 5.69 Å². The Morgan fingerprint density at radius 1 is 1.14 bits per heavy atom. The lowest BCUT2D eigenvalue weighted by molar-refractivity contribution is -0.170. The second-order valence-electron chi connectivity index (χ2n) is 10.5. The monoisotopic (exact) mass is 506 g/mol. The number of rotatable bonds is 7. The summed E-state index contributed by atoms with van der Waals surface area (Å²) in [6, 6.07) is 2.59. The Kier molecular flexibility index (Phi) is 5.99. The number of methoxy groups -OCH3 is 1. The number of aromatic hydroxyl groups is 1. The van der Waals surface area contributed by atoms with Crippen molar-refractivity contribution in [1.29, 1.82) is 0 Å². The van der Waals surface area contributed by atoms with Crippen molar-refractivity contribution in [1.82, 2.24) is 19.9 Å². The van der Waals surface area contributed by atoms with Crippen molar-refractivity contribution < 1.29 is 32.6 Å². The number of halogens is 3. The molecule has 194 valence electrons. The smallest absolute Gasteiger partial charge is 0.416 e. The van der Waals surface area contributed by atoms with Gasteiger partial charge in [0.15, 0.2) is 0 Å². The Hall–Kier alpha value is -3.11. The van der Waals surface area contributed by atoms with Gasteiger partial charge in [0.1, 0.15) is 17.1 Å². The Morgan fingerprint density at radius 2 is 1.78 bits per heavy atom. The van der Waals surface area contributed by atoms with Crippen LogP contribution in [0.2, 0.25) is 0 Å². The maximum Gasteiger partial charge on any atom is 0.416 e. The Balaban J connectivity index is 1.35. The van der Waals surface area contributed by atoms with Crippen LogP contribution in [-0.4, -0.2) is 50.5 Å². The normalized spacial score (nSPS) is 25.6. The number of alkyl halides is 3. The van der Waals surface area contributed by atoms with Gasteiger partial charge in [-0.2, -0.15) is 13.2 Å². The molecule has 4 saturated carbocycles. The van der Waals surface area contributed by atoms with Crippen LogP contribution in [0.1, 0.15) is 62.6 Å². The van der Waals surface area contributed by atoms with E-state index in [9.17, 15) is 27.9 Å². The number of hydrogen-bond donors (Lipinski definition) is 1. The maximum absolute atomic E-state index is 13.9. The molecule has 2 bridgehead atoms. The molecular formula is C25H29F3N4O4. The highest BCUT2D eigenvalue weighted by atomic mass is 19.4. The van der Waals surface area contributed by atoms with E-state index in [1.165, 1.54) is 13.3 Å². The van der Waals surface area contributed by atoms with Crippen LogP contribution >= 0.6 is 0 Å². The van der Waals surface area contributed by atoms with Crippen molar-refractivity contribution in [2.24, 2.45) is 16.7 Å². The Morgan fingerprint density at radius 3 is 2.36 bits per heavy atom. The summed E-state index contributed by atoms with van der Waals surface area (Å²) < 4.78 is 45.6. The van der Waals surface area contributed by atoms with E-state index in [0.717, 1.165) is 35.7 Å². The van der Waals surface area contributed by atoms with Crippen molar-refractivity contribution >= 4 is 11.9 Å². The molecular weight excluding hydrogens is 477 g/mol. The molecule has 4 fully saturated rings. The molecule has 0 atom stereocenters. The van der Waals surface area contributed by atoms with E-state index in [0.29, 0.717) is 56.7 Å². The molecule has 4 aliphatic rings. The largest absolute Gasteiger partial charge is 0.506 e. The van der Waals surface area contributed by atoms with Gasteiger partial charge in [0.2, 0.25) is 5.91 Å². The highest BCUT2D eigenvalue weighted by Crippen LogP contribution is 2.58. The fourth-order valence-corrected chi connectivity index (χ4v) is 5.76. The van der Waals surface area contributed by atoms with Crippen molar-refractivity contribution in [3.8, 4) is 11.4 Å². The minimum Gasteiger partial charge on any atom is -0.506 e. The van der Waals surface area contributed by atoms with E-state index in [-0.39, 0.29) is 29.9 Å². The van der Waals surface area contributed by atoms with Gasteiger partial charge in [-0.1, -0.05) is 5.21 Å². The fraction of sp³-hybridized carbons (Fsp3) is 0.600.